The van der Waals surface area contributed by atoms with Crippen LogP contribution in [0.5, 0.6) is 0 Å². The predicted molar refractivity (Wildman–Crippen MR) is 102 cm³/mol. The lowest BCUT2D eigenvalue weighted by atomic mass is 9.99. The Hall–Kier alpha value is -1.55. The van der Waals surface area contributed by atoms with Crippen LogP contribution in [0.2, 0.25) is 0 Å². The van der Waals surface area contributed by atoms with E-state index in [9.17, 15) is 0 Å². The number of guanidine groups is 1. The molecule has 1 aliphatic heterocycles. The second kappa shape index (κ2) is 8.02. The third-order valence-corrected chi connectivity index (χ3v) is 5.34. The Morgan fingerprint density at radius 1 is 1.25 bits per heavy atom. The van der Waals surface area contributed by atoms with Crippen molar-refractivity contribution in [2.45, 2.75) is 57.5 Å². The maximum atomic E-state index is 4.41. The highest BCUT2D eigenvalue weighted by Crippen LogP contribution is 2.29. The lowest BCUT2D eigenvalue weighted by Gasteiger charge is -2.33. The van der Waals surface area contributed by atoms with E-state index in [2.05, 4.69) is 58.6 Å². The van der Waals surface area contributed by atoms with Gasteiger partial charge in [0.2, 0.25) is 0 Å². The number of hydrogen-bond donors (Lipinski definition) is 2. The molecular formula is C20H32N4. The molecule has 1 aromatic rings. The normalized spacial score (nSPS) is 21.5. The van der Waals surface area contributed by atoms with Crippen LogP contribution < -0.4 is 10.6 Å². The molecule has 1 aliphatic carbocycles. The van der Waals surface area contributed by atoms with E-state index in [1.165, 1.54) is 49.9 Å². The smallest absolute Gasteiger partial charge is 0.191 e. The van der Waals surface area contributed by atoms with E-state index < -0.39 is 0 Å². The molecule has 132 valence electrons. The molecule has 1 aromatic carbocycles. The highest BCUT2D eigenvalue weighted by Gasteiger charge is 2.31. The van der Waals surface area contributed by atoms with Crippen molar-refractivity contribution in [3.63, 3.8) is 0 Å². The third-order valence-electron chi connectivity index (χ3n) is 5.34. The molecule has 0 radical (unpaired) electrons. The summed E-state index contributed by atoms with van der Waals surface area (Å²) in [5, 5.41) is 7.12. The summed E-state index contributed by atoms with van der Waals surface area (Å²) in [6.07, 6.45) is 5.28. The maximum Gasteiger partial charge on any atom is 0.191 e. The number of piperidine rings is 1. The van der Waals surface area contributed by atoms with Crippen molar-refractivity contribution in [2.75, 3.05) is 26.7 Å². The van der Waals surface area contributed by atoms with E-state index in [4.69, 9.17) is 0 Å². The summed E-state index contributed by atoms with van der Waals surface area (Å²) in [5.41, 5.74) is 2.71. The second-order valence-corrected chi connectivity index (χ2v) is 7.45. The Morgan fingerprint density at radius 3 is 2.62 bits per heavy atom. The average Bonchev–Trinajstić information content (AvgIpc) is 3.44. The fourth-order valence-corrected chi connectivity index (χ4v) is 3.58. The largest absolute Gasteiger partial charge is 0.356 e. The van der Waals surface area contributed by atoms with Crippen LogP contribution in [-0.4, -0.2) is 49.6 Å². The Labute approximate surface area is 146 Å². The summed E-state index contributed by atoms with van der Waals surface area (Å²) in [6.45, 7) is 7.80. The quantitative estimate of drug-likeness (QED) is 0.645. The molecule has 2 aliphatic rings. The number of hydrogen-bond acceptors (Lipinski definition) is 2. The van der Waals surface area contributed by atoms with Gasteiger partial charge >= 0.3 is 0 Å². The van der Waals surface area contributed by atoms with Gasteiger partial charge < -0.3 is 15.5 Å². The fourth-order valence-electron chi connectivity index (χ4n) is 3.58. The van der Waals surface area contributed by atoms with Gasteiger partial charge in [0.05, 0.1) is 0 Å². The number of aryl methyl sites for hydroxylation is 1. The summed E-state index contributed by atoms with van der Waals surface area (Å²) in [5.74, 6) is 1.42. The maximum absolute atomic E-state index is 4.41. The molecule has 1 saturated carbocycles. The van der Waals surface area contributed by atoms with E-state index in [0.29, 0.717) is 12.0 Å². The minimum Gasteiger partial charge on any atom is -0.356 e. The van der Waals surface area contributed by atoms with Gasteiger partial charge in [-0.1, -0.05) is 36.8 Å². The second-order valence-electron chi connectivity index (χ2n) is 7.45. The number of aliphatic imine (C=N–C) groups is 1. The third kappa shape index (κ3) is 4.73. The standard InChI is InChI=1S/C20H32N4/c1-15-5-4-6-17(13-15)16(2)14-22-20(21-3)23-18-9-11-24(12-10-18)19-7-8-19/h4-6,13,16,18-19H,7-12,14H2,1-3H3,(H2,21,22,23). The molecule has 0 aromatic heterocycles. The molecule has 0 spiro atoms. The number of rotatable bonds is 5. The topological polar surface area (TPSA) is 39.7 Å². The molecule has 4 nitrogen and oxygen atoms in total. The minimum atomic E-state index is 0.472. The highest BCUT2D eigenvalue weighted by atomic mass is 15.2. The predicted octanol–water partition coefficient (Wildman–Crippen LogP) is 2.89. The first kappa shape index (κ1) is 17.3. The van der Waals surface area contributed by atoms with Crippen LogP contribution in [0.4, 0.5) is 0 Å². The van der Waals surface area contributed by atoms with Gasteiger partial charge in [-0.3, -0.25) is 4.99 Å². The summed E-state index contributed by atoms with van der Waals surface area (Å²) >= 11 is 0. The van der Waals surface area contributed by atoms with Crippen molar-refractivity contribution in [1.82, 2.24) is 15.5 Å². The number of benzene rings is 1. The van der Waals surface area contributed by atoms with Crippen molar-refractivity contribution in [2.24, 2.45) is 4.99 Å². The van der Waals surface area contributed by atoms with Crippen LogP contribution in [0.25, 0.3) is 0 Å². The van der Waals surface area contributed by atoms with Gasteiger partial charge in [-0.05, 0) is 44.1 Å². The first-order valence-electron chi connectivity index (χ1n) is 9.43. The van der Waals surface area contributed by atoms with Crippen LogP contribution in [-0.2, 0) is 0 Å². The molecule has 4 heteroatoms. The lowest BCUT2D eigenvalue weighted by Crippen LogP contribution is -2.49. The monoisotopic (exact) mass is 328 g/mol. The van der Waals surface area contributed by atoms with Crippen molar-refractivity contribution < 1.29 is 0 Å². The lowest BCUT2D eigenvalue weighted by molar-refractivity contribution is 0.197. The van der Waals surface area contributed by atoms with Gasteiger partial charge in [-0.2, -0.15) is 0 Å². The van der Waals surface area contributed by atoms with E-state index in [1.807, 2.05) is 7.05 Å². The average molecular weight is 329 g/mol. The first-order valence-corrected chi connectivity index (χ1v) is 9.43. The fraction of sp³-hybridized carbons (Fsp3) is 0.650. The van der Waals surface area contributed by atoms with Gasteiger partial charge in [-0.15, -0.1) is 0 Å². The van der Waals surface area contributed by atoms with Gasteiger partial charge in [-0.25, -0.2) is 0 Å². The molecule has 1 saturated heterocycles. The molecule has 0 bridgehead atoms. The minimum absolute atomic E-state index is 0.472. The molecule has 0 amide bonds. The van der Waals surface area contributed by atoms with Crippen LogP contribution in [0.1, 0.15) is 49.7 Å². The molecule has 1 heterocycles. The van der Waals surface area contributed by atoms with Crippen molar-refractivity contribution in [1.29, 1.82) is 0 Å². The summed E-state index contributed by atoms with van der Waals surface area (Å²) in [4.78, 5) is 7.07. The zero-order valence-corrected chi connectivity index (χ0v) is 15.4. The van der Waals surface area contributed by atoms with E-state index >= 15 is 0 Å². The van der Waals surface area contributed by atoms with Gasteiger partial charge in [0.25, 0.3) is 0 Å². The molecule has 24 heavy (non-hydrogen) atoms. The van der Waals surface area contributed by atoms with Gasteiger partial charge in [0.1, 0.15) is 0 Å². The molecule has 2 N–H and O–H groups in total. The number of likely N-dealkylation sites (tertiary alicyclic amines) is 1. The van der Waals surface area contributed by atoms with Crippen molar-refractivity contribution in [3.05, 3.63) is 35.4 Å². The molecule has 2 fully saturated rings. The summed E-state index contributed by atoms with van der Waals surface area (Å²) < 4.78 is 0. The van der Waals surface area contributed by atoms with Gasteiger partial charge in [0, 0.05) is 38.8 Å². The van der Waals surface area contributed by atoms with Crippen LogP contribution >= 0.6 is 0 Å². The molecule has 1 unspecified atom stereocenters. The SMILES string of the molecule is CN=C(NCC(C)c1cccc(C)c1)NC1CCN(C2CC2)CC1. The summed E-state index contributed by atoms with van der Waals surface area (Å²) in [6, 6.07) is 10.2. The zero-order valence-electron chi connectivity index (χ0n) is 15.4. The van der Waals surface area contributed by atoms with Crippen LogP contribution in [0.3, 0.4) is 0 Å². The number of nitrogens with one attached hydrogen (secondary N) is 2. The number of nitrogens with zero attached hydrogens (tertiary/aromatic N) is 2. The Balaban J connectivity index is 1.43. The molecule has 1 atom stereocenters. The van der Waals surface area contributed by atoms with Gasteiger partial charge in [0.15, 0.2) is 5.96 Å². The highest BCUT2D eigenvalue weighted by molar-refractivity contribution is 5.80. The van der Waals surface area contributed by atoms with E-state index in [-0.39, 0.29) is 0 Å². The Bertz CT molecular complexity index is 557. The molecule has 3 rings (SSSR count). The first-order chi connectivity index (χ1) is 11.7. The molecular weight excluding hydrogens is 296 g/mol. The van der Waals surface area contributed by atoms with Crippen molar-refractivity contribution >= 4 is 5.96 Å². The van der Waals surface area contributed by atoms with E-state index in [1.54, 1.807) is 0 Å². The Kier molecular flexibility index (Phi) is 5.77. The Morgan fingerprint density at radius 2 is 2.00 bits per heavy atom. The van der Waals surface area contributed by atoms with Crippen molar-refractivity contribution in [3.8, 4) is 0 Å². The zero-order chi connectivity index (χ0) is 16.9. The van der Waals surface area contributed by atoms with E-state index in [0.717, 1.165) is 18.5 Å². The van der Waals surface area contributed by atoms with Crippen LogP contribution in [0, 0.1) is 6.92 Å². The van der Waals surface area contributed by atoms with Crippen LogP contribution in [0.15, 0.2) is 29.3 Å². The summed E-state index contributed by atoms with van der Waals surface area (Å²) in [7, 11) is 1.87.